The zero-order valence-corrected chi connectivity index (χ0v) is 14.9. The van der Waals surface area contributed by atoms with E-state index >= 15 is 0 Å². The van der Waals surface area contributed by atoms with E-state index in [0.29, 0.717) is 5.92 Å². The maximum Gasteiger partial charge on any atom is 0.0565 e. The number of nitrogens with one attached hydrogen (secondary N) is 1. The molecule has 0 radical (unpaired) electrons. The summed E-state index contributed by atoms with van der Waals surface area (Å²) < 4.78 is 0. The molecule has 25 heavy (non-hydrogen) atoms. The number of rotatable bonds is 5. The molecule has 128 valence electrons. The van der Waals surface area contributed by atoms with Gasteiger partial charge in [0.25, 0.3) is 0 Å². The maximum absolute atomic E-state index is 6.12. The third-order valence-electron chi connectivity index (χ3n) is 5.06. The van der Waals surface area contributed by atoms with Gasteiger partial charge in [0.1, 0.15) is 0 Å². The molecule has 1 saturated heterocycles. The number of hydrogen-bond acceptors (Lipinski definition) is 2. The third kappa shape index (κ3) is 3.63. The molecule has 0 aliphatic carbocycles. The molecule has 4 rings (SSSR count). The van der Waals surface area contributed by atoms with Gasteiger partial charge in [-0.05, 0) is 54.8 Å². The fraction of sp³-hybridized carbons (Fsp3) is 0.286. The van der Waals surface area contributed by atoms with Gasteiger partial charge in [-0.2, -0.15) is 5.10 Å². The second-order valence-corrected chi connectivity index (χ2v) is 7.12. The molecule has 4 heteroatoms. The zero-order valence-electron chi connectivity index (χ0n) is 14.2. The Morgan fingerprint density at radius 1 is 1.04 bits per heavy atom. The van der Waals surface area contributed by atoms with Gasteiger partial charge in [-0.1, -0.05) is 48.0 Å². The molecule has 0 saturated carbocycles. The molecule has 1 aliphatic heterocycles. The van der Waals surface area contributed by atoms with E-state index in [1.54, 1.807) is 0 Å². The van der Waals surface area contributed by atoms with Crippen LogP contribution in [0, 0.1) is 0 Å². The van der Waals surface area contributed by atoms with Gasteiger partial charge >= 0.3 is 0 Å². The molecule has 3 aromatic rings. The highest BCUT2D eigenvalue weighted by Gasteiger charge is 2.23. The molecule has 1 aromatic heterocycles. The number of hydrogen-bond donors (Lipinski definition) is 1. The number of benzene rings is 2. The average molecular weight is 352 g/mol. The van der Waals surface area contributed by atoms with Gasteiger partial charge < -0.3 is 4.90 Å². The van der Waals surface area contributed by atoms with E-state index in [4.69, 9.17) is 11.6 Å². The Balaban J connectivity index is 1.76. The molecule has 3 nitrogen and oxygen atoms in total. The lowest BCUT2D eigenvalue weighted by Gasteiger charge is -2.26. The highest BCUT2D eigenvalue weighted by Crippen LogP contribution is 2.34. The summed E-state index contributed by atoms with van der Waals surface area (Å²) in [5.74, 6) is 0.321. The van der Waals surface area contributed by atoms with E-state index in [9.17, 15) is 0 Å². The zero-order chi connectivity index (χ0) is 17.1. The monoisotopic (exact) mass is 351 g/mol. The molecule has 1 fully saturated rings. The first-order valence-electron chi connectivity index (χ1n) is 8.87. The van der Waals surface area contributed by atoms with Gasteiger partial charge in [-0.25, -0.2) is 0 Å². The molecule has 2 aromatic carbocycles. The first-order valence-corrected chi connectivity index (χ1v) is 9.25. The largest absolute Gasteiger partial charge is 0.302 e. The minimum absolute atomic E-state index is 0.321. The van der Waals surface area contributed by atoms with Gasteiger partial charge in [-0.15, -0.1) is 0 Å². The normalized spacial score (nSPS) is 16.2. The molecule has 1 N–H and O–H groups in total. The van der Waals surface area contributed by atoms with E-state index in [0.717, 1.165) is 17.1 Å². The lowest BCUT2D eigenvalue weighted by molar-refractivity contribution is 0.327. The predicted octanol–water partition coefficient (Wildman–Crippen LogP) is 4.96. The number of nitrogens with zero attached hydrogens (tertiary/aromatic N) is 2. The Morgan fingerprint density at radius 2 is 1.80 bits per heavy atom. The van der Waals surface area contributed by atoms with Crippen LogP contribution >= 0.6 is 11.6 Å². The Hall–Kier alpha value is -2.10. The Labute approximate surface area is 153 Å². The van der Waals surface area contributed by atoms with Crippen molar-refractivity contribution in [3.05, 3.63) is 77.1 Å². The van der Waals surface area contributed by atoms with Crippen LogP contribution in [0.4, 0.5) is 0 Å². The Kier molecular flexibility index (Phi) is 4.86. The predicted molar refractivity (Wildman–Crippen MR) is 103 cm³/mol. The van der Waals surface area contributed by atoms with Gasteiger partial charge in [0, 0.05) is 29.2 Å². The smallest absolute Gasteiger partial charge is 0.0565 e. The molecular weight excluding hydrogens is 330 g/mol. The van der Waals surface area contributed by atoms with Crippen molar-refractivity contribution in [1.82, 2.24) is 15.1 Å². The lowest BCUT2D eigenvalue weighted by Crippen LogP contribution is -2.26. The van der Waals surface area contributed by atoms with Gasteiger partial charge in [-0.3, -0.25) is 5.10 Å². The van der Waals surface area contributed by atoms with Crippen LogP contribution in [-0.4, -0.2) is 34.7 Å². The summed E-state index contributed by atoms with van der Waals surface area (Å²) in [6, 6.07) is 17.0. The van der Waals surface area contributed by atoms with E-state index in [-0.39, 0.29) is 0 Å². The Morgan fingerprint density at radius 3 is 2.52 bits per heavy atom. The number of aromatic amines is 1. The Bertz CT molecular complexity index is 805. The number of likely N-dealkylation sites (tertiary alicyclic amines) is 1. The summed E-state index contributed by atoms with van der Waals surface area (Å²) in [5, 5.41) is 7.85. The lowest BCUT2D eigenvalue weighted by atomic mass is 9.86. The first kappa shape index (κ1) is 16.4. The summed E-state index contributed by atoms with van der Waals surface area (Å²) in [6.07, 6.45) is 6.47. The molecule has 1 aliphatic rings. The standard InChI is InChI=1S/C21H22ClN3/c22-18-9-7-16(8-10-18)21(15-25-11-3-4-12-25)20-6-2-1-5-19(20)17-13-23-24-14-17/h1-2,5-10,13-14,21H,3-4,11-12,15H2,(H,23,24). The molecule has 0 spiro atoms. The van der Waals surface area contributed by atoms with E-state index in [1.165, 1.54) is 42.6 Å². The molecule has 1 unspecified atom stereocenters. The molecule has 2 heterocycles. The van der Waals surface area contributed by atoms with Crippen LogP contribution in [0.5, 0.6) is 0 Å². The van der Waals surface area contributed by atoms with Gasteiger partial charge in [0.05, 0.1) is 6.20 Å². The second-order valence-electron chi connectivity index (χ2n) is 6.69. The quantitative estimate of drug-likeness (QED) is 0.704. The summed E-state index contributed by atoms with van der Waals surface area (Å²) in [4.78, 5) is 2.57. The molecule has 0 amide bonds. The highest BCUT2D eigenvalue weighted by atomic mass is 35.5. The van der Waals surface area contributed by atoms with E-state index < -0.39 is 0 Å². The van der Waals surface area contributed by atoms with Crippen molar-refractivity contribution in [2.75, 3.05) is 19.6 Å². The summed E-state index contributed by atoms with van der Waals surface area (Å²) >= 11 is 6.12. The first-order chi connectivity index (χ1) is 12.3. The fourth-order valence-electron chi connectivity index (χ4n) is 3.76. The van der Waals surface area contributed by atoms with Crippen LogP contribution in [0.3, 0.4) is 0 Å². The van der Waals surface area contributed by atoms with Crippen LogP contribution in [0.1, 0.15) is 29.9 Å². The van der Waals surface area contributed by atoms with Crippen molar-refractivity contribution in [2.24, 2.45) is 0 Å². The highest BCUT2D eigenvalue weighted by molar-refractivity contribution is 6.30. The summed E-state index contributed by atoms with van der Waals surface area (Å²) in [5.41, 5.74) is 5.04. The van der Waals surface area contributed by atoms with Gasteiger partial charge in [0.2, 0.25) is 0 Å². The summed E-state index contributed by atoms with van der Waals surface area (Å²) in [7, 11) is 0. The van der Waals surface area contributed by atoms with Crippen molar-refractivity contribution >= 4 is 11.6 Å². The van der Waals surface area contributed by atoms with Crippen LogP contribution in [0.15, 0.2) is 60.9 Å². The number of H-pyrrole nitrogens is 1. The summed E-state index contributed by atoms with van der Waals surface area (Å²) in [6.45, 7) is 3.42. The fourth-order valence-corrected chi connectivity index (χ4v) is 3.89. The van der Waals surface area contributed by atoms with Crippen molar-refractivity contribution in [3.8, 4) is 11.1 Å². The molecule has 1 atom stereocenters. The number of halogens is 1. The van der Waals surface area contributed by atoms with Gasteiger partial charge in [0.15, 0.2) is 0 Å². The van der Waals surface area contributed by atoms with Crippen molar-refractivity contribution in [3.63, 3.8) is 0 Å². The van der Waals surface area contributed by atoms with Crippen molar-refractivity contribution in [2.45, 2.75) is 18.8 Å². The van der Waals surface area contributed by atoms with Crippen LogP contribution < -0.4 is 0 Å². The SMILES string of the molecule is Clc1ccc(C(CN2CCCC2)c2ccccc2-c2cn[nH]c2)cc1. The topological polar surface area (TPSA) is 31.9 Å². The van der Waals surface area contributed by atoms with Crippen LogP contribution in [0.25, 0.3) is 11.1 Å². The van der Waals surface area contributed by atoms with Crippen LogP contribution in [0.2, 0.25) is 5.02 Å². The van der Waals surface area contributed by atoms with E-state index in [2.05, 4.69) is 51.5 Å². The van der Waals surface area contributed by atoms with Crippen molar-refractivity contribution in [1.29, 1.82) is 0 Å². The minimum atomic E-state index is 0.321. The maximum atomic E-state index is 6.12. The van der Waals surface area contributed by atoms with Crippen LogP contribution in [-0.2, 0) is 0 Å². The molecule has 0 bridgehead atoms. The molecular formula is C21H22ClN3. The number of aromatic nitrogens is 2. The third-order valence-corrected chi connectivity index (χ3v) is 5.31. The van der Waals surface area contributed by atoms with E-state index in [1.807, 2.05) is 24.5 Å². The second kappa shape index (κ2) is 7.42. The minimum Gasteiger partial charge on any atom is -0.302 e. The van der Waals surface area contributed by atoms with Crippen molar-refractivity contribution < 1.29 is 0 Å². The average Bonchev–Trinajstić information content (AvgIpc) is 3.35.